The Morgan fingerprint density at radius 3 is 2.50 bits per heavy atom. The van der Waals surface area contributed by atoms with Crippen molar-refractivity contribution >= 4 is 11.9 Å². The van der Waals surface area contributed by atoms with Crippen LogP contribution in [0.15, 0.2) is 0 Å². The molecule has 5 heteroatoms. The van der Waals surface area contributed by atoms with Crippen LogP contribution in [0.25, 0.3) is 0 Å². The van der Waals surface area contributed by atoms with Crippen LogP contribution < -0.4 is 5.73 Å². The van der Waals surface area contributed by atoms with E-state index < -0.39 is 17.4 Å². The number of hydrogen-bond acceptors (Lipinski definition) is 3. The van der Waals surface area contributed by atoms with Crippen molar-refractivity contribution in [1.29, 1.82) is 0 Å². The van der Waals surface area contributed by atoms with Crippen molar-refractivity contribution in [3.05, 3.63) is 0 Å². The highest BCUT2D eigenvalue weighted by molar-refractivity contribution is 5.83. The van der Waals surface area contributed by atoms with Gasteiger partial charge >= 0.3 is 5.97 Å². The number of carboxylic acids is 1. The van der Waals surface area contributed by atoms with Crippen molar-refractivity contribution in [2.24, 2.45) is 11.1 Å². The predicted molar refractivity (Wildman–Crippen MR) is 50.6 cm³/mol. The molecule has 1 heterocycles. The van der Waals surface area contributed by atoms with Gasteiger partial charge in [-0.3, -0.25) is 9.59 Å². The van der Waals surface area contributed by atoms with Crippen LogP contribution in [0.5, 0.6) is 0 Å². The molecule has 0 aliphatic carbocycles. The largest absolute Gasteiger partial charge is 0.481 e. The normalized spacial score (nSPS) is 28.9. The topological polar surface area (TPSA) is 83.6 Å². The van der Waals surface area contributed by atoms with Gasteiger partial charge in [-0.2, -0.15) is 0 Å². The summed E-state index contributed by atoms with van der Waals surface area (Å²) >= 11 is 0. The molecule has 1 saturated heterocycles. The minimum atomic E-state index is -0.850. The van der Waals surface area contributed by atoms with Gasteiger partial charge in [0.2, 0.25) is 5.91 Å². The fourth-order valence-corrected chi connectivity index (χ4v) is 1.61. The second-order valence-corrected chi connectivity index (χ2v) is 4.16. The molecule has 0 aromatic heterocycles. The summed E-state index contributed by atoms with van der Waals surface area (Å²) in [6.45, 7) is 4.02. The number of carboxylic acid groups (broad SMARTS) is 1. The average molecular weight is 200 g/mol. The predicted octanol–water partition coefficient (Wildman–Crippen LogP) is -0.343. The summed E-state index contributed by atoms with van der Waals surface area (Å²) in [6.07, 6.45) is 0.501. The first kappa shape index (κ1) is 11.0. The molecule has 80 valence electrons. The quantitative estimate of drug-likeness (QED) is 0.638. The number of nitrogens with two attached hydrogens (primary N) is 1. The zero-order chi connectivity index (χ0) is 10.9. The fourth-order valence-electron chi connectivity index (χ4n) is 1.61. The van der Waals surface area contributed by atoms with Gasteiger partial charge < -0.3 is 15.7 Å². The zero-order valence-electron chi connectivity index (χ0n) is 8.49. The Balaban J connectivity index is 2.66. The molecule has 1 aliphatic heterocycles. The molecule has 0 spiro atoms. The van der Waals surface area contributed by atoms with Crippen molar-refractivity contribution in [1.82, 2.24) is 4.90 Å². The Morgan fingerprint density at radius 2 is 2.14 bits per heavy atom. The van der Waals surface area contributed by atoms with Crippen LogP contribution in [0.1, 0.15) is 20.3 Å². The lowest BCUT2D eigenvalue weighted by Crippen LogP contribution is -2.42. The van der Waals surface area contributed by atoms with Gasteiger partial charge in [-0.1, -0.05) is 0 Å². The Kier molecular flexibility index (Phi) is 2.80. The number of carbonyl (C=O) groups excluding carboxylic acids is 1. The third-order valence-corrected chi connectivity index (χ3v) is 2.69. The second-order valence-electron chi connectivity index (χ2n) is 4.16. The molecule has 2 atom stereocenters. The highest BCUT2D eigenvalue weighted by Crippen LogP contribution is 2.30. The Morgan fingerprint density at radius 1 is 1.57 bits per heavy atom. The first-order valence-corrected chi connectivity index (χ1v) is 4.64. The average Bonchev–Trinajstić information content (AvgIpc) is 2.48. The zero-order valence-corrected chi connectivity index (χ0v) is 8.49. The Hall–Kier alpha value is -1.10. The SMILES string of the molecule is C[C@@H](N)C(=O)N1CCC(C)(C(=O)O)C1. The van der Waals surface area contributed by atoms with E-state index in [4.69, 9.17) is 10.8 Å². The van der Waals surface area contributed by atoms with Gasteiger partial charge in [0, 0.05) is 13.1 Å². The van der Waals surface area contributed by atoms with E-state index in [1.54, 1.807) is 13.8 Å². The highest BCUT2D eigenvalue weighted by Gasteiger charge is 2.42. The van der Waals surface area contributed by atoms with Crippen molar-refractivity contribution in [2.75, 3.05) is 13.1 Å². The lowest BCUT2D eigenvalue weighted by molar-refractivity contribution is -0.147. The van der Waals surface area contributed by atoms with Crippen molar-refractivity contribution in [2.45, 2.75) is 26.3 Å². The van der Waals surface area contributed by atoms with Crippen molar-refractivity contribution in [3.63, 3.8) is 0 Å². The Labute approximate surface area is 82.9 Å². The van der Waals surface area contributed by atoms with Crippen molar-refractivity contribution < 1.29 is 14.7 Å². The van der Waals surface area contributed by atoms with Crippen LogP contribution in [0.3, 0.4) is 0 Å². The lowest BCUT2D eigenvalue weighted by Gasteiger charge is -2.21. The summed E-state index contributed by atoms with van der Waals surface area (Å²) in [4.78, 5) is 23.9. The van der Waals surface area contributed by atoms with E-state index in [-0.39, 0.29) is 12.5 Å². The van der Waals surface area contributed by atoms with Crippen LogP contribution in [-0.2, 0) is 9.59 Å². The highest BCUT2D eigenvalue weighted by atomic mass is 16.4. The van der Waals surface area contributed by atoms with E-state index in [1.807, 2.05) is 0 Å². The van der Waals surface area contributed by atoms with E-state index in [0.29, 0.717) is 13.0 Å². The number of rotatable bonds is 2. The van der Waals surface area contributed by atoms with Crippen LogP contribution in [-0.4, -0.2) is 41.0 Å². The summed E-state index contributed by atoms with van der Waals surface area (Å²) in [6, 6.07) is -0.550. The first-order valence-electron chi connectivity index (χ1n) is 4.64. The van der Waals surface area contributed by atoms with Crippen molar-refractivity contribution in [3.8, 4) is 0 Å². The van der Waals surface area contributed by atoms with E-state index in [0.717, 1.165) is 0 Å². The molecule has 3 N–H and O–H groups in total. The monoisotopic (exact) mass is 200 g/mol. The number of aliphatic carboxylic acids is 1. The second kappa shape index (κ2) is 3.57. The number of hydrogen-bond donors (Lipinski definition) is 2. The molecule has 1 amide bonds. The summed E-state index contributed by atoms with van der Waals surface area (Å²) in [5, 5.41) is 8.94. The maximum atomic E-state index is 11.5. The fraction of sp³-hybridized carbons (Fsp3) is 0.778. The number of likely N-dealkylation sites (tertiary alicyclic amines) is 1. The molecule has 1 aliphatic rings. The molecule has 5 nitrogen and oxygen atoms in total. The molecule has 0 radical (unpaired) electrons. The minimum absolute atomic E-state index is 0.171. The number of carbonyl (C=O) groups is 2. The molecule has 14 heavy (non-hydrogen) atoms. The molecule has 0 aromatic rings. The maximum absolute atomic E-state index is 11.5. The summed E-state index contributed by atoms with van der Waals surface area (Å²) in [5.41, 5.74) is 4.64. The van der Waals surface area contributed by atoms with Gasteiger partial charge in [-0.25, -0.2) is 0 Å². The van der Waals surface area contributed by atoms with E-state index in [2.05, 4.69) is 0 Å². The molecule has 0 saturated carbocycles. The van der Waals surface area contributed by atoms with Gasteiger partial charge in [0.15, 0.2) is 0 Å². The standard InChI is InChI=1S/C9H16N2O3/c1-6(10)7(12)11-4-3-9(2,5-11)8(13)14/h6H,3-5,10H2,1-2H3,(H,13,14)/t6-,9?/m1/s1. The molecule has 1 unspecified atom stereocenters. The third kappa shape index (κ3) is 1.87. The summed E-state index contributed by atoms with van der Waals surface area (Å²) in [5.74, 6) is -1.02. The summed E-state index contributed by atoms with van der Waals surface area (Å²) < 4.78 is 0. The van der Waals surface area contributed by atoms with E-state index >= 15 is 0 Å². The van der Waals surface area contributed by atoms with Gasteiger partial charge in [0.1, 0.15) is 0 Å². The van der Waals surface area contributed by atoms with Crippen LogP contribution in [0, 0.1) is 5.41 Å². The molecule has 0 bridgehead atoms. The first-order chi connectivity index (χ1) is 6.37. The van der Waals surface area contributed by atoms with Gasteiger partial charge in [-0.05, 0) is 20.3 Å². The molecule has 1 rings (SSSR count). The number of amides is 1. The molecule has 0 aromatic carbocycles. The number of nitrogens with zero attached hydrogens (tertiary/aromatic N) is 1. The smallest absolute Gasteiger partial charge is 0.311 e. The third-order valence-electron chi connectivity index (χ3n) is 2.69. The lowest BCUT2D eigenvalue weighted by atomic mass is 9.90. The van der Waals surface area contributed by atoms with Crippen LogP contribution in [0.4, 0.5) is 0 Å². The van der Waals surface area contributed by atoms with Crippen LogP contribution >= 0.6 is 0 Å². The van der Waals surface area contributed by atoms with Gasteiger partial charge in [0.05, 0.1) is 11.5 Å². The Bertz CT molecular complexity index is 265. The summed E-state index contributed by atoms with van der Waals surface area (Å²) in [7, 11) is 0. The van der Waals surface area contributed by atoms with Crippen LogP contribution in [0.2, 0.25) is 0 Å². The molecule has 1 fully saturated rings. The van der Waals surface area contributed by atoms with E-state index in [1.165, 1.54) is 4.90 Å². The van der Waals surface area contributed by atoms with Gasteiger partial charge in [0.25, 0.3) is 0 Å². The molecular formula is C9H16N2O3. The van der Waals surface area contributed by atoms with E-state index in [9.17, 15) is 9.59 Å². The molecular weight excluding hydrogens is 184 g/mol. The van der Waals surface area contributed by atoms with Gasteiger partial charge in [-0.15, -0.1) is 0 Å². The maximum Gasteiger partial charge on any atom is 0.311 e. The minimum Gasteiger partial charge on any atom is -0.481 e.